The molecule has 3 nitrogen and oxygen atoms in total. The Morgan fingerprint density at radius 3 is 2.00 bits per heavy atom. The second kappa shape index (κ2) is 4.06. The molecule has 14 heavy (non-hydrogen) atoms. The molecule has 0 heterocycles. The third kappa shape index (κ3) is 2.52. The number of halogens is 3. The maximum absolute atomic E-state index is 12.3. The summed E-state index contributed by atoms with van der Waals surface area (Å²) in [4.78, 5) is 0. The van der Waals surface area contributed by atoms with Gasteiger partial charge in [0.05, 0.1) is 5.92 Å². The Hall–Kier alpha value is -0.940. The second-order valence-electron chi connectivity index (χ2n) is 3.64. The molecule has 0 unspecified atom stereocenters. The van der Waals surface area contributed by atoms with Crippen molar-refractivity contribution >= 4 is 5.84 Å². The number of rotatable bonds is 1. The summed E-state index contributed by atoms with van der Waals surface area (Å²) in [5.41, 5.74) is 5.45. The van der Waals surface area contributed by atoms with E-state index >= 15 is 0 Å². The van der Waals surface area contributed by atoms with E-state index in [0.717, 1.165) is 0 Å². The number of nitrogens with zero attached hydrogens (tertiary/aromatic N) is 1. The van der Waals surface area contributed by atoms with Crippen LogP contribution in [0.15, 0.2) is 5.10 Å². The van der Waals surface area contributed by atoms with E-state index in [0.29, 0.717) is 12.8 Å². The van der Waals surface area contributed by atoms with Gasteiger partial charge in [0.15, 0.2) is 0 Å². The molecular weight excluding hydrogens is 195 g/mol. The van der Waals surface area contributed by atoms with Gasteiger partial charge in [-0.3, -0.25) is 0 Å². The maximum atomic E-state index is 12.3. The van der Waals surface area contributed by atoms with Crippen LogP contribution >= 0.6 is 0 Å². The second-order valence-corrected chi connectivity index (χ2v) is 3.64. The van der Waals surface area contributed by atoms with Gasteiger partial charge in [-0.05, 0) is 25.7 Å². The molecule has 1 saturated carbocycles. The zero-order valence-corrected chi connectivity index (χ0v) is 7.72. The molecule has 1 aliphatic rings. The van der Waals surface area contributed by atoms with Crippen molar-refractivity contribution in [1.82, 2.24) is 0 Å². The predicted octanol–water partition coefficient (Wildman–Crippen LogP) is 1.59. The van der Waals surface area contributed by atoms with Crippen molar-refractivity contribution in [1.29, 1.82) is 0 Å². The van der Waals surface area contributed by atoms with Crippen LogP contribution in [0.25, 0.3) is 0 Å². The van der Waals surface area contributed by atoms with E-state index < -0.39 is 12.1 Å². The highest BCUT2D eigenvalue weighted by atomic mass is 19.4. The summed E-state index contributed by atoms with van der Waals surface area (Å²) in [6, 6.07) is 0. The van der Waals surface area contributed by atoms with Gasteiger partial charge in [0.25, 0.3) is 0 Å². The van der Waals surface area contributed by atoms with Crippen LogP contribution in [0.2, 0.25) is 0 Å². The first-order valence-corrected chi connectivity index (χ1v) is 4.55. The zero-order valence-electron chi connectivity index (χ0n) is 7.72. The van der Waals surface area contributed by atoms with Gasteiger partial charge >= 0.3 is 6.18 Å². The van der Waals surface area contributed by atoms with Gasteiger partial charge in [-0.15, -0.1) is 0 Å². The number of hydrogen-bond donors (Lipinski definition) is 2. The topological polar surface area (TPSA) is 64.4 Å². The summed E-state index contributed by atoms with van der Waals surface area (Å²) >= 11 is 0. The molecule has 0 amide bonds. The van der Waals surface area contributed by atoms with Crippen LogP contribution in [-0.2, 0) is 0 Å². The third-order valence-corrected chi connectivity index (χ3v) is 2.76. The van der Waals surface area contributed by atoms with Crippen molar-refractivity contribution < 1.29 is 13.2 Å². The fraction of sp³-hybridized carbons (Fsp3) is 0.875. The van der Waals surface area contributed by atoms with E-state index in [2.05, 4.69) is 5.10 Å². The van der Waals surface area contributed by atoms with Gasteiger partial charge in [-0.1, -0.05) is 0 Å². The summed E-state index contributed by atoms with van der Waals surface area (Å²) in [7, 11) is 0. The van der Waals surface area contributed by atoms with Crippen molar-refractivity contribution in [3.8, 4) is 0 Å². The van der Waals surface area contributed by atoms with Crippen LogP contribution in [0.3, 0.4) is 0 Å². The van der Waals surface area contributed by atoms with Crippen LogP contribution in [-0.4, -0.2) is 12.0 Å². The van der Waals surface area contributed by atoms with Gasteiger partial charge in [0.1, 0.15) is 5.84 Å². The molecule has 0 aromatic carbocycles. The lowest BCUT2D eigenvalue weighted by atomic mass is 9.81. The fourth-order valence-electron chi connectivity index (χ4n) is 1.82. The standard InChI is InChI=1S/C8H14F3N3/c9-8(10,11)6-3-1-5(2-4-6)7(12)14-13/h5-6H,1-4,13H2,(H2,12,14). The average Bonchev–Trinajstić information content (AvgIpc) is 2.15. The van der Waals surface area contributed by atoms with Gasteiger partial charge in [-0.25, -0.2) is 0 Å². The first-order valence-electron chi connectivity index (χ1n) is 4.55. The molecule has 0 aromatic heterocycles. The summed E-state index contributed by atoms with van der Waals surface area (Å²) in [6.07, 6.45) is -2.96. The Kier molecular flexibility index (Phi) is 3.23. The highest BCUT2D eigenvalue weighted by Crippen LogP contribution is 2.39. The van der Waals surface area contributed by atoms with E-state index in [9.17, 15) is 13.2 Å². The van der Waals surface area contributed by atoms with Crippen molar-refractivity contribution in [2.75, 3.05) is 0 Å². The molecular formula is C8H14F3N3. The van der Waals surface area contributed by atoms with Gasteiger partial charge in [0, 0.05) is 5.92 Å². The smallest absolute Gasteiger partial charge is 0.386 e. The normalized spacial score (nSPS) is 30.4. The molecule has 0 aromatic rings. The summed E-state index contributed by atoms with van der Waals surface area (Å²) in [6.45, 7) is 0. The van der Waals surface area contributed by atoms with E-state index in [1.54, 1.807) is 0 Å². The quantitative estimate of drug-likeness (QED) is 0.298. The van der Waals surface area contributed by atoms with Crippen molar-refractivity contribution in [3.05, 3.63) is 0 Å². The highest BCUT2D eigenvalue weighted by molar-refractivity contribution is 5.82. The molecule has 0 atom stereocenters. The van der Waals surface area contributed by atoms with Crippen LogP contribution in [0.4, 0.5) is 13.2 Å². The lowest BCUT2D eigenvalue weighted by Gasteiger charge is -2.29. The zero-order chi connectivity index (χ0) is 10.8. The summed E-state index contributed by atoms with van der Waals surface area (Å²) in [5, 5.41) is 3.31. The molecule has 1 aliphatic carbocycles. The van der Waals surface area contributed by atoms with E-state index in [4.69, 9.17) is 11.6 Å². The van der Waals surface area contributed by atoms with Crippen molar-refractivity contribution in [3.63, 3.8) is 0 Å². The Morgan fingerprint density at radius 2 is 1.64 bits per heavy atom. The Morgan fingerprint density at radius 1 is 1.14 bits per heavy atom. The lowest BCUT2D eigenvalue weighted by Crippen LogP contribution is -2.33. The Balaban J connectivity index is 2.47. The van der Waals surface area contributed by atoms with Gasteiger partial charge in [0.2, 0.25) is 0 Å². The minimum absolute atomic E-state index is 0.0707. The van der Waals surface area contributed by atoms with Gasteiger partial charge in [-0.2, -0.15) is 18.3 Å². The van der Waals surface area contributed by atoms with Crippen molar-refractivity contribution in [2.45, 2.75) is 31.9 Å². The molecule has 0 radical (unpaired) electrons. The minimum atomic E-state index is -4.07. The summed E-state index contributed by atoms with van der Waals surface area (Å²) < 4.78 is 36.8. The van der Waals surface area contributed by atoms with E-state index in [-0.39, 0.29) is 24.6 Å². The lowest BCUT2D eigenvalue weighted by molar-refractivity contribution is -0.182. The van der Waals surface area contributed by atoms with Crippen LogP contribution < -0.4 is 11.6 Å². The molecule has 1 fully saturated rings. The predicted molar refractivity (Wildman–Crippen MR) is 47.3 cm³/mol. The number of hydrazone groups is 1. The summed E-state index contributed by atoms with van der Waals surface area (Å²) in [5.74, 6) is 3.99. The van der Waals surface area contributed by atoms with E-state index in [1.165, 1.54) is 0 Å². The van der Waals surface area contributed by atoms with Crippen LogP contribution in [0, 0.1) is 11.8 Å². The fourth-order valence-corrected chi connectivity index (χ4v) is 1.82. The number of alkyl halides is 3. The molecule has 0 spiro atoms. The average molecular weight is 209 g/mol. The van der Waals surface area contributed by atoms with Crippen LogP contribution in [0.1, 0.15) is 25.7 Å². The molecule has 0 saturated heterocycles. The molecule has 1 rings (SSSR count). The van der Waals surface area contributed by atoms with Crippen LogP contribution in [0.5, 0.6) is 0 Å². The number of amidine groups is 1. The maximum Gasteiger partial charge on any atom is 0.391 e. The van der Waals surface area contributed by atoms with Crippen molar-refractivity contribution in [2.24, 2.45) is 28.5 Å². The largest absolute Gasteiger partial charge is 0.391 e. The highest BCUT2D eigenvalue weighted by Gasteiger charge is 2.41. The van der Waals surface area contributed by atoms with Gasteiger partial charge < -0.3 is 11.6 Å². The van der Waals surface area contributed by atoms with E-state index in [1.807, 2.05) is 0 Å². The molecule has 6 heteroatoms. The third-order valence-electron chi connectivity index (χ3n) is 2.76. The molecule has 0 bridgehead atoms. The Labute approximate surface area is 80.3 Å². The Bertz CT molecular complexity index is 216. The number of hydrogen-bond acceptors (Lipinski definition) is 2. The molecule has 0 aliphatic heterocycles. The molecule has 4 N–H and O–H groups in total. The minimum Gasteiger partial charge on any atom is -0.386 e. The molecule has 82 valence electrons. The first kappa shape index (κ1) is 11.1. The first-order chi connectivity index (χ1) is 6.45. The SMILES string of the molecule is N/N=C(\N)C1CCC(C(F)(F)F)CC1. The number of nitrogens with two attached hydrogens (primary N) is 2. The monoisotopic (exact) mass is 209 g/mol.